The molecule has 0 radical (unpaired) electrons. The molecule has 0 aliphatic carbocycles. The number of hydrogen-bond acceptors (Lipinski definition) is 5. The molecular formula is C10H18N2O6. The highest BCUT2D eigenvalue weighted by Gasteiger charge is 2.30. The molecule has 0 saturated carbocycles. The summed E-state index contributed by atoms with van der Waals surface area (Å²) in [5.74, 6) is -1.87. The van der Waals surface area contributed by atoms with Crippen LogP contribution in [0.4, 0.5) is 4.79 Å². The minimum absolute atomic E-state index is 0.0244. The number of urea groups is 1. The van der Waals surface area contributed by atoms with Crippen molar-refractivity contribution in [2.75, 3.05) is 19.7 Å². The molecule has 0 aromatic rings. The van der Waals surface area contributed by atoms with Crippen LogP contribution in [0, 0.1) is 0 Å². The minimum Gasteiger partial charge on any atom is -0.479 e. The fourth-order valence-corrected chi connectivity index (χ4v) is 0.902. The second kappa shape index (κ2) is 7.49. The predicted molar refractivity (Wildman–Crippen MR) is 60.9 cm³/mol. The highest BCUT2D eigenvalue weighted by molar-refractivity contribution is 5.79. The predicted octanol–water partition coefficient (Wildman–Crippen LogP) is -0.926. The lowest BCUT2D eigenvalue weighted by Crippen LogP contribution is -2.49. The standard InChI is InChI=1S/C10H18N2O6/c1-3-18-7(13)4-5-11-9(16)12-6-10(2,17)8(14)15/h17H,3-6H2,1-2H3,(H,14,15)(H2,11,12,16). The van der Waals surface area contributed by atoms with E-state index in [-0.39, 0.29) is 19.6 Å². The number of carboxylic acids is 1. The molecule has 0 aliphatic rings. The average molecular weight is 262 g/mol. The Morgan fingerprint density at radius 3 is 2.39 bits per heavy atom. The summed E-state index contributed by atoms with van der Waals surface area (Å²) in [5, 5.41) is 22.4. The molecule has 0 spiro atoms. The summed E-state index contributed by atoms with van der Waals surface area (Å²) in [5.41, 5.74) is -2.03. The number of hydrogen-bond donors (Lipinski definition) is 4. The Morgan fingerprint density at radius 2 is 1.89 bits per heavy atom. The fraction of sp³-hybridized carbons (Fsp3) is 0.700. The molecular weight excluding hydrogens is 244 g/mol. The molecule has 0 aliphatic heterocycles. The first-order valence-corrected chi connectivity index (χ1v) is 5.42. The lowest BCUT2D eigenvalue weighted by atomic mass is 10.1. The molecule has 104 valence electrons. The maximum atomic E-state index is 11.2. The molecule has 2 amide bonds. The van der Waals surface area contributed by atoms with Crippen molar-refractivity contribution in [3.63, 3.8) is 0 Å². The molecule has 8 nitrogen and oxygen atoms in total. The molecule has 4 N–H and O–H groups in total. The van der Waals surface area contributed by atoms with Gasteiger partial charge >= 0.3 is 18.0 Å². The van der Waals surface area contributed by atoms with Crippen LogP contribution in [0.1, 0.15) is 20.3 Å². The van der Waals surface area contributed by atoms with Gasteiger partial charge in [0.2, 0.25) is 0 Å². The van der Waals surface area contributed by atoms with E-state index in [1.807, 2.05) is 0 Å². The molecule has 0 rings (SSSR count). The van der Waals surface area contributed by atoms with Gasteiger partial charge in [-0.1, -0.05) is 0 Å². The van der Waals surface area contributed by atoms with Gasteiger partial charge in [0.1, 0.15) is 0 Å². The van der Waals surface area contributed by atoms with E-state index < -0.39 is 30.1 Å². The monoisotopic (exact) mass is 262 g/mol. The van der Waals surface area contributed by atoms with Crippen molar-refractivity contribution in [1.29, 1.82) is 0 Å². The lowest BCUT2D eigenvalue weighted by Gasteiger charge is -2.18. The second-order valence-corrected chi connectivity index (χ2v) is 3.74. The third-order valence-electron chi connectivity index (χ3n) is 1.97. The Labute approximate surface area is 104 Å². The Hall–Kier alpha value is -1.83. The number of esters is 1. The van der Waals surface area contributed by atoms with Gasteiger partial charge in [-0.2, -0.15) is 0 Å². The van der Waals surface area contributed by atoms with Gasteiger partial charge < -0.3 is 25.6 Å². The highest BCUT2D eigenvalue weighted by atomic mass is 16.5. The van der Waals surface area contributed by atoms with Crippen LogP contribution >= 0.6 is 0 Å². The summed E-state index contributed by atoms with van der Waals surface area (Å²) in [4.78, 5) is 32.6. The largest absolute Gasteiger partial charge is 0.479 e. The van der Waals surface area contributed by atoms with Crippen LogP contribution in [0.5, 0.6) is 0 Å². The minimum atomic E-state index is -2.03. The van der Waals surface area contributed by atoms with Gasteiger partial charge in [0.15, 0.2) is 5.60 Å². The number of rotatable bonds is 7. The molecule has 0 heterocycles. The topological polar surface area (TPSA) is 125 Å². The van der Waals surface area contributed by atoms with Crippen molar-refractivity contribution in [1.82, 2.24) is 10.6 Å². The van der Waals surface area contributed by atoms with Crippen molar-refractivity contribution in [3.05, 3.63) is 0 Å². The Kier molecular flexibility index (Phi) is 6.73. The summed E-state index contributed by atoms with van der Waals surface area (Å²) in [6.07, 6.45) is 0.0244. The fourth-order valence-electron chi connectivity index (χ4n) is 0.902. The average Bonchev–Trinajstić information content (AvgIpc) is 2.26. The van der Waals surface area contributed by atoms with Crippen LogP contribution in [0.2, 0.25) is 0 Å². The van der Waals surface area contributed by atoms with Gasteiger partial charge in [-0.05, 0) is 13.8 Å². The van der Waals surface area contributed by atoms with Crippen LogP contribution in [0.25, 0.3) is 0 Å². The van der Waals surface area contributed by atoms with Crippen molar-refractivity contribution >= 4 is 18.0 Å². The van der Waals surface area contributed by atoms with E-state index >= 15 is 0 Å². The lowest BCUT2D eigenvalue weighted by molar-refractivity contribution is -0.155. The van der Waals surface area contributed by atoms with E-state index in [1.165, 1.54) is 0 Å². The number of aliphatic hydroxyl groups is 1. The quantitative estimate of drug-likeness (QED) is 0.439. The van der Waals surface area contributed by atoms with Gasteiger partial charge in [0.25, 0.3) is 0 Å². The molecule has 1 unspecified atom stereocenters. The number of amides is 2. The van der Waals surface area contributed by atoms with E-state index in [4.69, 9.17) is 5.11 Å². The summed E-state index contributed by atoms with van der Waals surface area (Å²) in [6.45, 7) is 2.64. The number of carbonyl (C=O) groups excluding carboxylic acids is 2. The van der Waals surface area contributed by atoms with Crippen LogP contribution < -0.4 is 10.6 Å². The zero-order valence-corrected chi connectivity index (χ0v) is 10.4. The normalized spacial score (nSPS) is 13.3. The summed E-state index contributed by atoms with van der Waals surface area (Å²) in [7, 11) is 0. The van der Waals surface area contributed by atoms with Gasteiger partial charge in [-0.3, -0.25) is 4.79 Å². The van der Waals surface area contributed by atoms with Crippen molar-refractivity contribution in [2.45, 2.75) is 25.9 Å². The molecule has 0 bridgehead atoms. The highest BCUT2D eigenvalue weighted by Crippen LogP contribution is 2.00. The van der Waals surface area contributed by atoms with E-state index in [9.17, 15) is 19.5 Å². The van der Waals surface area contributed by atoms with E-state index in [2.05, 4.69) is 15.4 Å². The molecule has 0 aromatic carbocycles. The number of nitrogens with one attached hydrogen (secondary N) is 2. The Morgan fingerprint density at radius 1 is 1.28 bits per heavy atom. The maximum absolute atomic E-state index is 11.2. The maximum Gasteiger partial charge on any atom is 0.337 e. The molecule has 0 fully saturated rings. The molecule has 1 atom stereocenters. The zero-order valence-electron chi connectivity index (χ0n) is 10.4. The van der Waals surface area contributed by atoms with Gasteiger partial charge in [0, 0.05) is 6.54 Å². The molecule has 18 heavy (non-hydrogen) atoms. The third kappa shape index (κ3) is 6.69. The van der Waals surface area contributed by atoms with E-state index in [0.717, 1.165) is 6.92 Å². The van der Waals surface area contributed by atoms with Crippen LogP contribution in [0.3, 0.4) is 0 Å². The van der Waals surface area contributed by atoms with E-state index in [1.54, 1.807) is 6.92 Å². The Bertz CT molecular complexity index is 315. The molecule has 0 aromatic heterocycles. The van der Waals surface area contributed by atoms with Gasteiger partial charge in [0.05, 0.1) is 19.6 Å². The molecule has 0 saturated heterocycles. The number of carboxylic acid groups (broad SMARTS) is 1. The van der Waals surface area contributed by atoms with Gasteiger partial charge in [-0.25, -0.2) is 9.59 Å². The second-order valence-electron chi connectivity index (χ2n) is 3.74. The van der Waals surface area contributed by atoms with Crippen molar-refractivity contribution in [2.24, 2.45) is 0 Å². The Balaban J connectivity index is 3.79. The van der Waals surface area contributed by atoms with Crippen LogP contribution in [0.15, 0.2) is 0 Å². The number of aliphatic carboxylic acids is 1. The smallest absolute Gasteiger partial charge is 0.337 e. The number of carbonyl (C=O) groups is 3. The van der Waals surface area contributed by atoms with E-state index in [0.29, 0.717) is 0 Å². The van der Waals surface area contributed by atoms with Crippen molar-refractivity contribution in [3.8, 4) is 0 Å². The zero-order chi connectivity index (χ0) is 14.2. The summed E-state index contributed by atoms with van der Waals surface area (Å²) < 4.78 is 4.64. The van der Waals surface area contributed by atoms with Crippen LogP contribution in [-0.2, 0) is 14.3 Å². The molecule has 8 heteroatoms. The number of ether oxygens (including phenoxy) is 1. The third-order valence-corrected chi connectivity index (χ3v) is 1.97. The van der Waals surface area contributed by atoms with Crippen LogP contribution in [-0.4, -0.2) is 53.5 Å². The SMILES string of the molecule is CCOC(=O)CCNC(=O)NCC(C)(O)C(=O)O. The summed E-state index contributed by atoms with van der Waals surface area (Å²) in [6, 6.07) is -0.666. The summed E-state index contributed by atoms with van der Waals surface area (Å²) >= 11 is 0. The van der Waals surface area contributed by atoms with Gasteiger partial charge in [-0.15, -0.1) is 0 Å². The first-order valence-electron chi connectivity index (χ1n) is 5.42. The first kappa shape index (κ1) is 16.2. The van der Waals surface area contributed by atoms with Crippen molar-refractivity contribution < 1.29 is 29.3 Å². The first-order chi connectivity index (χ1) is 8.29.